The van der Waals surface area contributed by atoms with E-state index in [2.05, 4.69) is 15.8 Å². The lowest BCUT2D eigenvalue weighted by molar-refractivity contribution is 0.102. The fraction of sp³-hybridized carbons (Fsp3) is 0. The number of anilines is 2. The van der Waals surface area contributed by atoms with Crippen molar-refractivity contribution in [1.29, 1.82) is 10.7 Å². The lowest BCUT2D eigenvalue weighted by Crippen LogP contribution is -2.22. The van der Waals surface area contributed by atoms with E-state index in [9.17, 15) is 9.18 Å². The van der Waals surface area contributed by atoms with E-state index in [1.54, 1.807) is 30.3 Å². The molecule has 0 heterocycles. The Labute approximate surface area is 137 Å². The smallest absolute Gasteiger partial charge is 0.257 e. The number of nitriles is 1. The molecule has 0 saturated carbocycles. The van der Waals surface area contributed by atoms with Gasteiger partial charge in [-0.2, -0.15) is 10.4 Å². The van der Waals surface area contributed by atoms with Crippen LogP contribution < -0.4 is 16.5 Å². The van der Waals surface area contributed by atoms with Crippen LogP contribution >= 0.6 is 0 Å². The normalized spacial score (nSPS) is 10.6. The molecule has 0 aliphatic carbocycles. The molecule has 0 unspecified atom stereocenters. The van der Waals surface area contributed by atoms with Crippen LogP contribution in [-0.4, -0.2) is 17.5 Å². The summed E-state index contributed by atoms with van der Waals surface area (Å²) in [6.45, 7) is 0. The number of halogens is 1. The fourth-order valence-electron chi connectivity index (χ4n) is 1.77. The summed E-state index contributed by atoms with van der Waals surface area (Å²) in [6, 6.07) is 13.5. The summed E-state index contributed by atoms with van der Waals surface area (Å²) < 4.78 is 12.9. The number of hydrazone groups is 1. The van der Waals surface area contributed by atoms with Crippen LogP contribution in [0.3, 0.4) is 0 Å². The van der Waals surface area contributed by atoms with Crippen LogP contribution in [0.5, 0.6) is 0 Å². The SMILES string of the molecule is N#C/C(=N\Nc1ccccc1C(=O)Nc1ccc(F)cc1)C(=N)N. The van der Waals surface area contributed by atoms with Gasteiger partial charge in [0.25, 0.3) is 5.91 Å². The Morgan fingerprint density at radius 3 is 2.50 bits per heavy atom. The Bertz CT molecular complexity index is 838. The average Bonchev–Trinajstić information content (AvgIpc) is 2.57. The van der Waals surface area contributed by atoms with E-state index in [0.717, 1.165) is 0 Å². The minimum Gasteiger partial charge on any atom is -0.382 e. The molecule has 0 radical (unpaired) electrons. The second-order valence-electron chi connectivity index (χ2n) is 4.60. The minimum absolute atomic E-state index is 0.256. The number of amides is 1. The van der Waals surface area contributed by atoms with Gasteiger partial charge in [0.2, 0.25) is 5.71 Å². The van der Waals surface area contributed by atoms with Gasteiger partial charge in [0, 0.05) is 5.69 Å². The van der Waals surface area contributed by atoms with Crippen LogP contribution in [0, 0.1) is 22.6 Å². The van der Waals surface area contributed by atoms with Crippen molar-refractivity contribution >= 4 is 28.8 Å². The summed E-state index contributed by atoms with van der Waals surface area (Å²) >= 11 is 0. The van der Waals surface area contributed by atoms with Crippen molar-refractivity contribution in [2.45, 2.75) is 0 Å². The quantitative estimate of drug-likeness (QED) is 0.382. The third-order valence-electron chi connectivity index (χ3n) is 2.92. The second kappa shape index (κ2) is 7.51. The molecule has 0 spiro atoms. The van der Waals surface area contributed by atoms with E-state index in [-0.39, 0.29) is 11.3 Å². The molecule has 5 N–H and O–H groups in total. The zero-order valence-electron chi connectivity index (χ0n) is 12.4. The highest BCUT2D eigenvalue weighted by molar-refractivity contribution is 6.45. The highest BCUT2D eigenvalue weighted by atomic mass is 19.1. The summed E-state index contributed by atoms with van der Waals surface area (Å²) in [6.07, 6.45) is 0. The van der Waals surface area contributed by atoms with Crippen molar-refractivity contribution in [3.05, 3.63) is 59.9 Å². The largest absolute Gasteiger partial charge is 0.382 e. The summed E-state index contributed by atoms with van der Waals surface area (Å²) in [4.78, 5) is 12.3. The Morgan fingerprint density at radius 2 is 1.88 bits per heavy atom. The molecule has 24 heavy (non-hydrogen) atoms. The molecule has 2 rings (SSSR count). The van der Waals surface area contributed by atoms with Gasteiger partial charge in [-0.3, -0.25) is 15.6 Å². The van der Waals surface area contributed by atoms with Gasteiger partial charge in [0.15, 0.2) is 5.84 Å². The first-order valence-electron chi connectivity index (χ1n) is 6.75. The molecule has 0 saturated heterocycles. The van der Waals surface area contributed by atoms with E-state index in [0.29, 0.717) is 11.4 Å². The molecule has 7 nitrogen and oxygen atoms in total. The number of hydrogen-bond donors (Lipinski definition) is 4. The topological polar surface area (TPSA) is 127 Å². The van der Waals surface area contributed by atoms with E-state index >= 15 is 0 Å². The van der Waals surface area contributed by atoms with E-state index < -0.39 is 17.6 Å². The standard InChI is InChI=1S/C16H13FN6O/c17-10-5-7-11(8-6-10)21-16(24)12-3-1-2-4-13(12)22-23-14(9-18)15(19)20/h1-8,22H,(H3,19,20)(H,21,24)/b23-14+. The third kappa shape index (κ3) is 4.14. The summed E-state index contributed by atoms with van der Waals surface area (Å²) in [5, 5.41) is 22.3. The number of rotatable bonds is 5. The van der Waals surface area contributed by atoms with Crippen LogP contribution in [0.1, 0.15) is 10.4 Å². The van der Waals surface area contributed by atoms with Gasteiger partial charge in [-0.25, -0.2) is 4.39 Å². The van der Waals surface area contributed by atoms with Gasteiger partial charge in [0.05, 0.1) is 11.3 Å². The number of hydrogen-bond acceptors (Lipinski definition) is 5. The van der Waals surface area contributed by atoms with Crippen molar-refractivity contribution in [2.75, 3.05) is 10.7 Å². The van der Waals surface area contributed by atoms with E-state index in [4.69, 9.17) is 16.4 Å². The molecule has 2 aromatic rings. The highest BCUT2D eigenvalue weighted by Gasteiger charge is 2.11. The summed E-state index contributed by atoms with van der Waals surface area (Å²) in [5.41, 5.74) is 8.46. The average molecular weight is 324 g/mol. The van der Waals surface area contributed by atoms with Gasteiger partial charge in [0.1, 0.15) is 11.9 Å². The zero-order chi connectivity index (χ0) is 17.5. The predicted octanol–water partition coefficient (Wildman–Crippen LogP) is 2.31. The van der Waals surface area contributed by atoms with Crippen molar-refractivity contribution in [2.24, 2.45) is 10.8 Å². The maximum absolute atomic E-state index is 12.9. The van der Waals surface area contributed by atoms with E-state index in [1.165, 1.54) is 24.3 Å². The molecule has 0 bridgehead atoms. The van der Waals surface area contributed by atoms with Crippen molar-refractivity contribution in [3.63, 3.8) is 0 Å². The number of carbonyl (C=O) groups excluding carboxylic acids is 1. The fourth-order valence-corrected chi connectivity index (χ4v) is 1.77. The number of nitrogens with two attached hydrogens (primary N) is 1. The van der Waals surface area contributed by atoms with E-state index in [1.807, 2.05) is 0 Å². The molecule has 0 aliphatic rings. The molecule has 0 aliphatic heterocycles. The molecule has 0 fully saturated rings. The zero-order valence-corrected chi connectivity index (χ0v) is 12.4. The Kier molecular flexibility index (Phi) is 5.20. The number of nitrogens with one attached hydrogen (secondary N) is 3. The van der Waals surface area contributed by atoms with Crippen LogP contribution in [0.2, 0.25) is 0 Å². The lowest BCUT2D eigenvalue weighted by Gasteiger charge is -2.10. The van der Waals surface area contributed by atoms with Crippen molar-refractivity contribution < 1.29 is 9.18 Å². The predicted molar refractivity (Wildman–Crippen MR) is 89.4 cm³/mol. The molecule has 0 atom stereocenters. The number of benzene rings is 2. The van der Waals surface area contributed by atoms with Gasteiger partial charge in [-0.1, -0.05) is 12.1 Å². The van der Waals surface area contributed by atoms with Gasteiger partial charge in [-0.15, -0.1) is 0 Å². The van der Waals surface area contributed by atoms with Crippen LogP contribution in [-0.2, 0) is 0 Å². The Morgan fingerprint density at radius 1 is 1.21 bits per heavy atom. The monoisotopic (exact) mass is 324 g/mol. The maximum atomic E-state index is 12.9. The van der Waals surface area contributed by atoms with Crippen molar-refractivity contribution in [1.82, 2.24) is 0 Å². The van der Waals surface area contributed by atoms with Gasteiger partial charge in [-0.05, 0) is 36.4 Å². The van der Waals surface area contributed by atoms with Crippen LogP contribution in [0.4, 0.5) is 15.8 Å². The van der Waals surface area contributed by atoms with Crippen LogP contribution in [0.25, 0.3) is 0 Å². The number of carbonyl (C=O) groups is 1. The first-order chi connectivity index (χ1) is 11.5. The first-order valence-corrected chi connectivity index (χ1v) is 6.75. The Balaban J connectivity index is 2.22. The first kappa shape index (κ1) is 16.6. The number of amidine groups is 1. The van der Waals surface area contributed by atoms with Gasteiger partial charge < -0.3 is 11.1 Å². The lowest BCUT2D eigenvalue weighted by atomic mass is 10.1. The second-order valence-corrected chi connectivity index (χ2v) is 4.60. The van der Waals surface area contributed by atoms with Gasteiger partial charge >= 0.3 is 0 Å². The Hall–Kier alpha value is -3.73. The molecule has 120 valence electrons. The number of nitrogens with zero attached hydrogens (tertiary/aromatic N) is 2. The molecular weight excluding hydrogens is 311 g/mol. The molecular formula is C16H13FN6O. The van der Waals surface area contributed by atoms with Crippen LogP contribution in [0.15, 0.2) is 53.6 Å². The summed E-state index contributed by atoms with van der Waals surface area (Å²) in [5.74, 6) is -1.34. The highest BCUT2D eigenvalue weighted by Crippen LogP contribution is 2.17. The maximum Gasteiger partial charge on any atom is 0.257 e. The molecule has 2 aromatic carbocycles. The van der Waals surface area contributed by atoms with Crippen molar-refractivity contribution in [3.8, 4) is 6.07 Å². The molecule has 0 aromatic heterocycles. The number of para-hydroxylation sites is 1. The third-order valence-corrected chi connectivity index (χ3v) is 2.92. The molecule has 1 amide bonds. The minimum atomic E-state index is -0.488. The summed E-state index contributed by atoms with van der Waals surface area (Å²) in [7, 11) is 0. The molecule has 8 heteroatoms.